The Morgan fingerprint density at radius 2 is 2.00 bits per heavy atom. The normalized spacial score (nSPS) is 12.6. The molecule has 0 saturated carbocycles. The molecule has 1 atom stereocenters. The van der Waals surface area contributed by atoms with Crippen LogP contribution in [-0.2, 0) is 0 Å². The monoisotopic (exact) mass is 375 g/mol. The summed E-state index contributed by atoms with van der Waals surface area (Å²) < 4.78 is 16.8. The molecule has 0 aromatic carbocycles. The highest BCUT2D eigenvalue weighted by molar-refractivity contribution is 5.73. The number of aromatic amines is 1. The number of nitrogens with one attached hydrogen (secondary N) is 1. The van der Waals surface area contributed by atoms with Gasteiger partial charge in [0, 0.05) is 12.4 Å². The van der Waals surface area contributed by atoms with E-state index in [1.54, 1.807) is 29.1 Å². The number of aromatic nitrogens is 7. The van der Waals surface area contributed by atoms with Crippen molar-refractivity contribution >= 4 is 16.8 Å². The summed E-state index contributed by atoms with van der Waals surface area (Å²) in [6.07, 6.45) is 6.12. The Balaban J connectivity index is 1.71. The van der Waals surface area contributed by atoms with Crippen molar-refractivity contribution < 1.29 is 4.39 Å². The minimum Gasteiger partial charge on any atom is -0.303 e. The van der Waals surface area contributed by atoms with E-state index in [2.05, 4.69) is 24.9 Å². The molecule has 8 nitrogen and oxygen atoms in total. The summed E-state index contributed by atoms with van der Waals surface area (Å²) in [6, 6.07) is 8.13. The number of fused-ring (bicyclic) bond motifs is 2. The van der Waals surface area contributed by atoms with E-state index in [0.29, 0.717) is 28.3 Å². The first-order valence-electron chi connectivity index (χ1n) is 8.63. The number of hydrogen-bond acceptors (Lipinski definition) is 5. The lowest BCUT2D eigenvalue weighted by atomic mass is 10.2. The number of halogens is 1. The van der Waals surface area contributed by atoms with Crippen LogP contribution in [0.4, 0.5) is 4.39 Å². The van der Waals surface area contributed by atoms with Crippen molar-refractivity contribution in [3.63, 3.8) is 0 Å². The van der Waals surface area contributed by atoms with Gasteiger partial charge < -0.3 is 4.98 Å². The van der Waals surface area contributed by atoms with E-state index in [0.717, 1.165) is 5.69 Å². The van der Waals surface area contributed by atoms with Gasteiger partial charge in [-0.25, -0.2) is 24.1 Å². The Bertz CT molecular complexity index is 1370. The zero-order valence-electron chi connectivity index (χ0n) is 14.7. The average molecular weight is 375 g/mol. The van der Waals surface area contributed by atoms with E-state index in [9.17, 15) is 9.18 Å². The number of imidazole rings is 2. The summed E-state index contributed by atoms with van der Waals surface area (Å²) in [5, 5.41) is 0. The predicted molar refractivity (Wildman–Crippen MR) is 100 cm³/mol. The van der Waals surface area contributed by atoms with Crippen molar-refractivity contribution in [2.75, 3.05) is 0 Å². The van der Waals surface area contributed by atoms with Gasteiger partial charge in [0.2, 0.25) is 0 Å². The molecule has 28 heavy (non-hydrogen) atoms. The van der Waals surface area contributed by atoms with Gasteiger partial charge in [-0.3, -0.25) is 14.0 Å². The lowest BCUT2D eigenvalue weighted by Gasteiger charge is -2.12. The van der Waals surface area contributed by atoms with Gasteiger partial charge in [0.1, 0.15) is 22.7 Å². The standard InChI is InChI=1S/C19H14FN7O/c1-11(13-4-2-3-7-21-13)27-18-14(24-19(27)28)8-23-17(25-18)15-9-22-16-6-5-12(20)10-26(15)16/h2-11H,1H3,(H,24,28). The molecule has 5 aromatic rings. The van der Waals surface area contributed by atoms with Crippen LogP contribution in [0.25, 0.3) is 28.3 Å². The van der Waals surface area contributed by atoms with Gasteiger partial charge in [-0.1, -0.05) is 6.07 Å². The zero-order chi connectivity index (χ0) is 19.3. The first-order valence-corrected chi connectivity index (χ1v) is 8.63. The van der Waals surface area contributed by atoms with Gasteiger partial charge in [-0.15, -0.1) is 0 Å². The van der Waals surface area contributed by atoms with E-state index >= 15 is 0 Å². The summed E-state index contributed by atoms with van der Waals surface area (Å²) in [7, 11) is 0. The molecular weight excluding hydrogens is 361 g/mol. The van der Waals surface area contributed by atoms with Crippen LogP contribution in [-0.4, -0.2) is 33.9 Å². The molecule has 0 aliphatic heterocycles. The summed E-state index contributed by atoms with van der Waals surface area (Å²) in [4.78, 5) is 32.8. The SMILES string of the molecule is CC(c1ccccn1)n1c(=O)[nH]c2cnc(-c3cnc4ccc(F)cn34)nc21. The van der Waals surface area contributed by atoms with Crippen molar-refractivity contribution in [2.45, 2.75) is 13.0 Å². The Kier molecular flexibility index (Phi) is 3.54. The Morgan fingerprint density at radius 1 is 1.11 bits per heavy atom. The third-order valence-electron chi connectivity index (χ3n) is 4.66. The zero-order valence-corrected chi connectivity index (χ0v) is 14.7. The number of hydrogen-bond donors (Lipinski definition) is 1. The molecule has 5 heterocycles. The number of pyridine rings is 2. The van der Waals surface area contributed by atoms with Crippen LogP contribution in [0.2, 0.25) is 0 Å². The first-order chi connectivity index (χ1) is 13.6. The fourth-order valence-electron chi connectivity index (χ4n) is 3.27. The second kappa shape index (κ2) is 6.08. The number of rotatable bonds is 3. The minimum atomic E-state index is -0.393. The van der Waals surface area contributed by atoms with Crippen molar-refractivity contribution in [3.05, 3.63) is 77.1 Å². The molecule has 138 valence electrons. The summed E-state index contributed by atoms with van der Waals surface area (Å²) in [5.41, 5.74) is 2.50. The molecule has 0 bridgehead atoms. The van der Waals surface area contributed by atoms with Crippen LogP contribution in [0, 0.1) is 5.82 Å². The van der Waals surface area contributed by atoms with Gasteiger partial charge in [-0.05, 0) is 31.2 Å². The van der Waals surface area contributed by atoms with Gasteiger partial charge in [0.15, 0.2) is 11.5 Å². The van der Waals surface area contributed by atoms with Crippen LogP contribution in [0.15, 0.2) is 59.9 Å². The third-order valence-corrected chi connectivity index (χ3v) is 4.66. The largest absolute Gasteiger partial charge is 0.328 e. The van der Waals surface area contributed by atoms with E-state index in [-0.39, 0.29) is 11.7 Å². The Morgan fingerprint density at radius 3 is 2.82 bits per heavy atom. The fourth-order valence-corrected chi connectivity index (χ4v) is 3.27. The highest BCUT2D eigenvalue weighted by Gasteiger charge is 2.19. The predicted octanol–water partition coefficient (Wildman–Crippen LogP) is 2.58. The third kappa shape index (κ3) is 2.48. The summed E-state index contributed by atoms with van der Waals surface area (Å²) in [6.45, 7) is 1.88. The second-order valence-electron chi connectivity index (χ2n) is 6.38. The maximum absolute atomic E-state index is 13.7. The smallest absolute Gasteiger partial charge is 0.303 e. The Labute approximate surface area is 157 Å². The van der Waals surface area contributed by atoms with Crippen molar-refractivity contribution in [1.29, 1.82) is 0 Å². The number of nitrogens with zero attached hydrogens (tertiary/aromatic N) is 6. The van der Waals surface area contributed by atoms with Crippen LogP contribution < -0.4 is 5.69 Å². The molecule has 9 heteroatoms. The van der Waals surface area contributed by atoms with Crippen molar-refractivity contribution in [1.82, 2.24) is 33.9 Å². The molecule has 1 unspecified atom stereocenters. The van der Waals surface area contributed by atoms with Crippen LogP contribution in [0.3, 0.4) is 0 Å². The number of H-pyrrole nitrogens is 1. The van der Waals surface area contributed by atoms with Crippen LogP contribution in [0.1, 0.15) is 18.7 Å². The van der Waals surface area contributed by atoms with Gasteiger partial charge in [0.05, 0.1) is 24.1 Å². The molecule has 0 amide bonds. The average Bonchev–Trinajstić information content (AvgIpc) is 3.27. The topological polar surface area (TPSA) is 93.8 Å². The lowest BCUT2D eigenvalue weighted by molar-refractivity contribution is 0.613. The summed E-state index contributed by atoms with van der Waals surface area (Å²) >= 11 is 0. The van der Waals surface area contributed by atoms with E-state index in [1.165, 1.54) is 16.8 Å². The minimum absolute atomic E-state index is 0.302. The summed E-state index contributed by atoms with van der Waals surface area (Å²) in [5.74, 6) is -0.0540. The molecule has 5 rings (SSSR count). The van der Waals surface area contributed by atoms with E-state index in [4.69, 9.17) is 0 Å². The molecule has 0 radical (unpaired) electrons. The molecule has 0 aliphatic carbocycles. The lowest BCUT2D eigenvalue weighted by Crippen LogP contribution is -2.22. The highest BCUT2D eigenvalue weighted by atomic mass is 19.1. The molecule has 5 aromatic heterocycles. The van der Waals surface area contributed by atoms with Crippen molar-refractivity contribution in [2.24, 2.45) is 0 Å². The first kappa shape index (κ1) is 16.3. The maximum atomic E-state index is 13.7. The molecular formula is C19H14FN7O. The molecule has 0 saturated heterocycles. The van der Waals surface area contributed by atoms with Crippen LogP contribution in [0.5, 0.6) is 0 Å². The quantitative estimate of drug-likeness (QED) is 0.523. The van der Waals surface area contributed by atoms with Gasteiger partial charge in [-0.2, -0.15) is 0 Å². The van der Waals surface area contributed by atoms with Gasteiger partial charge in [0.25, 0.3) is 0 Å². The maximum Gasteiger partial charge on any atom is 0.328 e. The molecule has 0 fully saturated rings. The Hall–Kier alpha value is -3.88. The fraction of sp³-hybridized carbons (Fsp3) is 0.105. The second-order valence-corrected chi connectivity index (χ2v) is 6.38. The van der Waals surface area contributed by atoms with Crippen LogP contribution >= 0.6 is 0 Å². The van der Waals surface area contributed by atoms with Gasteiger partial charge >= 0.3 is 5.69 Å². The van der Waals surface area contributed by atoms with E-state index < -0.39 is 5.82 Å². The molecule has 1 N–H and O–H groups in total. The highest BCUT2D eigenvalue weighted by Crippen LogP contribution is 2.22. The van der Waals surface area contributed by atoms with Crippen molar-refractivity contribution in [3.8, 4) is 11.5 Å². The van der Waals surface area contributed by atoms with E-state index in [1.807, 2.05) is 25.1 Å². The molecule has 0 spiro atoms. The molecule has 0 aliphatic rings.